The van der Waals surface area contributed by atoms with Gasteiger partial charge >= 0.3 is 0 Å². The van der Waals surface area contributed by atoms with Crippen molar-refractivity contribution in [2.75, 3.05) is 5.73 Å². The van der Waals surface area contributed by atoms with E-state index in [1.165, 1.54) is 5.56 Å². The second-order valence-electron chi connectivity index (χ2n) is 4.95. The predicted octanol–water partition coefficient (Wildman–Crippen LogP) is 3.47. The third-order valence-electron chi connectivity index (χ3n) is 3.05. The van der Waals surface area contributed by atoms with Crippen molar-refractivity contribution >= 4 is 5.82 Å². The fraction of sp³-hybridized carbons (Fsp3) is 0.333. The number of aromatic nitrogens is 2. The number of benzene rings is 1. The average molecular weight is 241 g/mol. The van der Waals surface area contributed by atoms with E-state index in [1.807, 2.05) is 19.1 Å². The van der Waals surface area contributed by atoms with Gasteiger partial charge in [-0.1, -0.05) is 43.7 Å². The molecule has 3 nitrogen and oxygen atoms in total. The molecule has 1 aromatic carbocycles. The molecule has 0 saturated carbocycles. The molecule has 18 heavy (non-hydrogen) atoms. The molecule has 0 aliphatic carbocycles. The average Bonchev–Trinajstić information content (AvgIpc) is 2.28. The van der Waals surface area contributed by atoms with Gasteiger partial charge in [-0.2, -0.15) is 0 Å². The van der Waals surface area contributed by atoms with Crippen LogP contribution in [-0.2, 0) is 0 Å². The summed E-state index contributed by atoms with van der Waals surface area (Å²) in [5.74, 6) is 1.64. The number of hydrogen-bond donors (Lipinski definition) is 1. The molecule has 0 saturated heterocycles. The third-order valence-corrected chi connectivity index (χ3v) is 3.05. The first kappa shape index (κ1) is 12.6. The standard InChI is InChI=1S/C15H19N3/c1-9(2)13-11(4)17-15(18-14(13)16)12-7-5-10(3)6-8-12/h5-9H,1-4H3,(H2,16,17,18). The van der Waals surface area contributed by atoms with Crippen molar-refractivity contribution in [3.8, 4) is 11.4 Å². The van der Waals surface area contributed by atoms with E-state index in [4.69, 9.17) is 5.73 Å². The molecular formula is C15H19N3. The number of nitrogens with zero attached hydrogens (tertiary/aromatic N) is 2. The largest absolute Gasteiger partial charge is 0.383 e. The van der Waals surface area contributed by atoms with Crippen LogP contribution in [0.5, 0.6) is 0 Å². The van der Waals surface area contributed by atoms with E-state index < -0.39 is 0 Å². The van der Waals surface area contributed by atoms with E-state index in [0.29, 0.717) is 17.6 Å². The Morgan fingerprint density at radius 2 is 1.61 bits per heavy atom. The summed E-state index contributed by atoms with van der Waals surface area (Å²) < 4.78 is 0. The number of hydrogen-bond acceptors (Lipinski definition) is 3. The van der Waals surface area contributed by atoms with Crippen LogP contribution in [0.25, 0.3) is 11.4 Å². The Bertz CT molecular complexity index is 533. The quantitative estimate of drug-likeness (QED) is 0.876. The van der Waals surface area contributed by atoms with Gasteiger partial charge in [0.2, 0.25) is 0 Å². The zero-order chi connectivity index (χ0) is 13.3. The van der Waals surface area contributed by atoms with Crippen LogP contribution in [0, 0.1) is 13.8 Å². The van der Waals surface area contributed by atoms with Gasteiger partial charge in [-0.05, 0) is 19.8 Å². The lowest BCUT2D eigenvalue weighted by molar-refractivity contribution is 0.836. The number of nitrogens with two attached hydrogens (primary N) is 1. The molecule has 0 fully saturated rings. The van der Waals surface area contributed by atoms with E-state index in [1.54, 1.807) is 0 Å². The minimum Gasteiger partial charge on any atom is -0.383 e. The SMILES string of the molecule is Cc1ccc(-c2nc(C)c(C(C)C)c(N)n2)cc1. The molecule has 0 radical (unpaired) electrons. The lowest BCUT2D eigenvalue weighted by Gasteiger charge is -2.13. The molecule has 1 aromatic heterocycles. The van der Waals surface area contributed by atoms with E-state index in [2.05, 4.69) is 42.9 Å². The van der Waals surface area contributed by atoms with Crippen molar-refractivity contribution in [1.82, 2.24) is 9.97 Å². The van der Waals surface area contributed by atoms with Gasteiger partial charge < -0.3 is 5.73 Å². The maximum atomic E-state index is 6.04. The highest BCUT2D eigenvalue weighted by molar-refractivity contribution is 5.59. The van der Waals surface area contributed by atoms with Crippen LogP contribution in [-0.4, -0.2) is 9.97 Å². The van der Waals surface area contributed by atoms with Crippen molar-refractivity contribution in [1.29, 1.82) is 0 Å². The molecule has 0 aliphatic rings. The Morgan fingerprint density at radius 1 is 1.00 bits per heavy atom. The maximum absolute atomic E-state index is 6.04. The van der Waals surface area contributed by atoms with Gasteiger partial charge in [0.1, 0.15) is 5.82 Å². The normalized spacial score (nSPS) is 10.9. The van der Waals surface area contributed by atoms with Crippen LogP contribution >= 0.6 is 0 Å². The minimum atomic E-state index is 0.345. The molecule has 0 amide bonds. The van der Waals surface area contributed by atoms with E-state index in [-0.39, 0.29) is 0 Å². The zero-order valence-corrected chi connectivity index (χ0v) is 11.4. The molecular weight excluding hydrogens is 222 g/mol. The number of anilines is 1. The summed E-state index contributed by atoms with van der Waals surface area (Å²) in [6, 6.07) is 8.17. The fourth-order valence-corrected chi connectivity index (χ4v) is 2.15. The van der Waals surface area contributed by atoms with Crippen molar-refractivity contribution in [3.63, 3.8) is 0 Å². The molecule has 0 atom stereocenters. The summed E-state index contributed by atoms with van der Waals surface area (Å²) in [4.78, 5) is 8.99. The van der Waals surface area contributed by atoms with Gasteiger partial charge in [0.25, 0.3) is 0 Å². The topological polar surface area (TPSA) is 51.8 Å². The summed E-state index contributed by atoms with van der Waals surface area (Å²) in [7, 11) is 0. The molecule has 0 spiro atoms. The van der Waals surface area contributed by atoms with Gasteiger partial charge in [-0.25, -0.2) is 9.97 Å². The lowest BCUT2D eigenvalue weighted by atomic mass is 10.0. The van der Waals surface area contributed by atoms with Crippen LogP contribution in [0.2, 0.25) is 0 Å². The smallest absolute Gasteiger partial charge is 0.161 e. The van der Waals surface area contributed by atoms with Crippen molar-refractivity contribution in [2.45, 2.75) is 33.6 Å². The van der Waals surface area contributed by atoms with Crippen molar-refractivity contribution in [3.05, 3.63) is 41.1 Å². The number of aryl methyl sites for hydroxylation is 2. The summed E-state index contributed by atoms with van der Waals surface area (Å²) in [6.07, 6.45) is 0. The molecule has 0 unspecified atom stereocenters. The van der Waals surface area contributed by atoms with Crippen LogP contribution in [0.3, 0.4) is 0 Å². The summed E-state index contributed by atoms with van der Waals surface area (Å²) >= 11 is 0. The lowest BCUT2D eigenvalue weighted by Crippen LogP contribution is -2.06. The highest BCUT2D eigenvalue weighted by Gasteiger charge is 2.13. The summed E-state index contributed by atoms with van der Waals surface area (Å²) in [5.41, 5.74) is 10.3. The highest BCUT2D eigenvalue weighted by Crippen LogP contribution is 2.26. The number of nitrogen functional groups attached to an aromatic ring is 1. The summed E-state index contributed by atoms with van der Waals surface area (Å²) in [6.45, 7) is 8.26. The Kier molecular flexibility index (Phi) is 3.32. The van der Waals surface area contributed by atoms with Crippen molar-refractivity contribution in [2.24, 2.45) is 0 Å². The molecule has 2 aromatic rings. The Balaban J connectivity index is 2.51. The van der Waals surface area contributed by atoms with Crippen LogP contribution in [0.4, 0.5) is 5.82 Å². The monoisotopic (exact) mass is 241 g/mol. The first-order valence-electron chi connectivity index (χ1n) is 6.20. The van der Waals surface area contributed by atoms with Crippen LogP contribution < -0.4 is 5.73 Å². The highest BCUT2D eigenvalue weighted by atomic mass is 15.0. The number of rotatable bonds is 2. The van der Waals surface area contributed by atoms with Crippen LogP contribution in [0.1, 0.15) is 36.6 Å². The zero-order valence-electron chi connectivity index (χ0n) is 11.4. The molecule has 2 N–H and O–H groups in total. The van der Waals surface area contributed by atoms with Gasteiger partial charge in [0, 0.05) is 16.8 Å². The third kappa shape index (κ3) is 2.35. The van der Waals surface area contributed by atoms with Crippen molar-refractivity contribution < 1.29 is 0 Å². The molecule has 94 valence electrons. The minimum absolute atomic E-state index is 0.345. The molecule has 1 heterocycles. The summed E-state index contributed by atoms with van der Waals surface area (Å²) in [5, 5.41) is 0. The first-order valence-corrected chi connectivity index (χ1v) is 6.20. The second-order valence-corrected chi connectivity index (χ2v) is 4.95. The van der Waals surface area contributed by atoms with E-state index in [0.717, 1.165) is 16.8 Å². The fourth-order valence-electron chi connectivity index (χ4n) is 2.15. The van der Waals surface area contributed by atoms with Gasteiger partial charge in [0.15, 0.2) is 5.82 Å². The Morgan fingerprint density at radius 3 is 2.11 bits per heavy atom. The van der Waals surface area contributed by atoms with E-state index >= 15 is 0 Å². The predicted molar refractivity (Wildman–Crippen MR) is 75.4 cm³/mol. The van der Waals surface area contributed by atoms with Gasteiger partial charge in [-0.15, -0.1) is 0 Å². The molecule has 3 heteroatoms. The molecule has 0 bridgehead atoms. The Labute approximate surface area is 108 Å². The Hall–Kier alpha value is -1.90. The molecule has 2 rings (SSSR count). The second kappa shape index (κ2) is 4.77. The van der Waals surface area contributed by atoms with Gasteiger partial charge in [0.05, 0.1) is 0 Å². The first-order chi connectivity index (χ1) is 8.49. The van der Waals surface area contributed by atoms with Gasteiger partial charge in [-0.3, -0.25) is 0 Å². The van der Waals surface area contributed by atoms with E-state index in [9.17, 15) is 0 Å². The molecule has 0 aliphatic heterocycles. The maximum Gasteiger partial charge on any atom is 0.161 e. The van der Waals surface area contributed by atoms with Crippen LogP contribution in [0.15, 0.2) is 24.3 Å².